The Kier molecular flexibility index (Phi) is 6.41. The lowest BCUT2D eigenvalue weighted by Crippen LogP contribution is -2.54. The molecule has 2 aliphatic heterocycles. The summed E-state index contributed by atoms with van der Waals surface area (Å²) >= 11 is 1.61. The lowest BCUT2D eigenvalue weighted by Gasteiger charge is -2.37. The molecule has 2 aliphatic rings. The third-order valence-corrected chi connectivity index (χ3v) is 9.86. The van der Waals surface area contributed by atoms with Crippen LogP contribution in [0.25, 0.3) is 10.2 Å². The van der Waals surface area contributed by atoms with E-state index in [0.29, 0.717) is 39.0 Å². The van der Waals surface area contributed by atoms with Crippen LogP contribution < -0.4 is 9.64 Å². The second kappa shape index (κ2) is 9.36. The molecule has 0 N–H and O–H groups in total. The summed E-state index contributed by atoms with van der Waals surface area (Å²) in [6, 6.07) is 7.95. The van der Waals surface area contributed by atoms with Crippen LogP contribution in [0.4, 0.5) is 9.52 Å². The fraction of sp³-hybridized carbons (Fsp3) is 0.417. The Bertz CT molecular complexity index is 1350. The number of carbonyl (C=O) groups excluding carboxylic acids is 1. The van der Waals surface area contributed by atoms with E-state index < -0.39 is 21.9 Å². The number of nitrogens with zero attached hydrogens (tertiary/aromatic N) is 4. The topological polar surface area (TPSA) is 83.0 Å². The van der Waals surface area contributed by atoms with Gasteiger partial charge in [0.25, 0.3) is 0 Å². The van der Waals surface area contributed by atoms with Gasteiger partial charge in [-0.25, -0.2) is 17.8 Å². The van der Waals surface area contributed by atoms with Gasteiger partial charge in [-0.1, -0.05) is 17.4 Å². The predicted molar refractivity (Wildman–Crippen MR) is 133 cm³/mol. The molecule has 35 heavy (non-hydrogen) atoms. The van der Waals surface area contributed by atoms with Gasteiger partial charge < -0.3 is 14.5 Å². The molecule has 0 saturated carbocycles. The Morgan fingerprint density at radius 1 is 1.09 bits per heavy atom. The Morgan fingerprint density at radius 3 is 2.49 bits per heavy atom. The zero-order valence-corrected chi connectivity index (χ0v) is 21.2. The number of hydrogen-bond acceptors (Lipinski definition) is 7. The fourth-order valence-corrected chi connectivity index (χ4v) is 7.50. The molecule has 3 heterocycles. The summed E-state index contributed by atoms with van der Waals surface area (Å²) in [5.41, 5.74) is 1.99. The summed E-state index contributed by atoms with van der Waals surface area (Å²) in [6.07, 6.45) is 1.10. The highest BCUT2D eigenvalue weighted by Gasteiger charge is 2.41. The van der Waals surface area contributed by atoms with E-state index >= 15 is 0 Å². The van der Waals surface area contributed by atoms with E-state index in [1.807, 2.05) is 19.1 Å². The Morgan fingerprint density at radius 2 is 1.80 bits per heavy atom. The molecule has 2 fully saturated rings. The summed E-state index contributed by atoms with van der Waals surface area (Å²) in [4.78, 5) is 22.1. The molecular weight excluding hydrogens is 491 g/mol. The number of sulfonamides is 1. The highest BCUT2D eigenvalue weighted by molar-refractivity contribution is 7.89. The van der Waals surface area contributed by atoms with E-state index in [2.05, 4.69) is 4.90 Å². The van der Waals surface area contributed by atoms with Gasteiger partial charge in [-0.3, -0.25) is 4.79 Å². The highest BCUT2D eigenvalue weighted by Crippen LogP contribution is 2.37. The lowest BCUT2D eigenvalue weighted by molar-refractivity contribution is -0.134. The average molecular weight is 519 g/mol. The van der Waals surface area contributed by atoms with Crippen molar-refractivity contribution >= 4 is 42.6 Å². The Hall–Kier alpha value is -2.76. The number of halogens is 1. The first kappa shape index (κ1) is 24.0. The zero-order valence-electron chi connectivity index (χ0n) is 19.6. The maximum absolute atomic E-state index is 13.4. The number of benzene rings is 2. The molecule has 1 atom stereocenters. The number of anilines is 1. The van der Waals surface area contributed by atoms with Gasteiger partial charge in [-0.2, -0.15) is 4.31 Å². The van der Waals surface area contributed by atoms with Crippen LogP contribution in [-0.2, 0) is 14.8 Å². The van der Waals surface area contributed by atoms with E-state index in [4.69, 9.17) is 9.72 Å². The number of methoxy groups -OCH3 is 1. The number of hydrogen-bond donors (Lipinski definition) is 0. The molecule has 0 spiro atoms. The lowest BCUT2D eigenvalue weighted by atomic mass is 10.2. The SMILES string of the molecule is COc1ccc(C)c2sc(N3CCN(C(=O)C4CCCN4S(=O)(=O)c4ccc(F)cc4)CC3)nc12. The van der Waals surface area contributed by atoms with E-state index in [-0.39, 0.29) is 17.3 Å². The van der Waals surface area contributed by atoms with Gasteiger partial charge in [0.1, 0.15) is 23.1 Å². The molecule has 0 radical (unpaired) electrons. The molecule has 3 aromatic rings. The number of ether oxygens (including phenoxy) is 1. The van der Waals surface area contributed by atoms with Crippen molar-refractivity contribution in [1.82, 2.24) is 14.2 Å². The van der Waals surface area contributed by atoms with Crippen LogP contribution in [0.3, 0.4) is 0 Å². The van der Waals surface area contributed by atoms with Crippen LogP contribution in [-0.4, -0.2) is 74.4 Å². The number of aromatic nitrogens is 1. The van der Waals surface area contributed by atoms with Gasteiger partial charge in [0.05, 0.1) is 16.7 Å². The van der Waals surface area contributed by atoms with Crippen molar-refractivity contribution < 1.29 is 22.3 Å². The van der Waals surface area contributed by atoms with Crippen molar-refractivity contribution in [1.29, 1.82) is 0 Å². The van der Waals surface area contributed by atoms with Gasteiger partial charge in [0.2, 0.25) is 15.9 Å². The maximum atomic E-state index is 13.4. The van der Waals surface area contributed by atoms with E-state index in [9.17, 15) is 17.6 Å². The van der Waals surface area contributed by atoms with E-state index in [1.54, 1.807) is 23.3 Å². The average Bonchev–Trinajstić information content (AvgIpc) is 3.53. The molecule has 2 aromatic carbocycles. The summed E-state index contributed by atoms with van der Waals surface area (Å²) < 4.78 is 47.4. The second-order valence-electron chi connectivity index (χ2n) is 8.80. The first-order chi connectivity index (χ1) is 16.8. The largest absolute Gasteiger partial charge is 0.494 e. The van der Waals surface area contributed by atoms with Crippen molar-refractivity contribution in [2.24, 2.45) is 0 Å². The minimum atomic E-state index is -3.88. The van der Waals surface area contributed by atoms with Crippen molar-refractivity contribution in [3.05, 3.63) is 47.8 Å². The normalized spacial score (nSPS) is 19.5. The van der Waals surface area contributed by atoms with Gasteiger partial charge in [0.15, 0.2) is 5.13 Å². The quantitative estimate of drug-likeness (QED) is 0.516. The number of aryl methyl sites for hydroxylation is 1. The Labute approximate surface area is 208 Å². The standard InChI is InChI=1S/C24H27FN4O4S2/c1-16-5-10-20(33-2)21-22(16)34-24(26-21)28-14-12-27(13-15-28)23(30)19-4-3-11-29(19)35(31,32)18-8-6-17(25)7-9-18/h5-10,19H,3-4,11-15H2,1-2H3. The van der Waals surface area contributed by atoms with Crippen LogP contribution in [0.1, 0.15) is 18.4 Å². The van der Waals surface area contributed by atoms with Gasteiger partial charge in [-0.15, -0.1) is 0 Å². The summed E-state index contributed by atoms with van der Waals surface area (Å²) in [5, 5.41) is 0.890. The number of fused-ring (bicyclic) bond motifs is 1. The smallest absolute Gasteiger partial charge is 0.243 e. The minimum absolute atomic E-state index is 0.00461. The van der Waals surface area contributed by atoms with Gasteiger partial charge >= 0.3 is 0 Å². The van der Waals surface area contributed by atoms with Crippen molar-refractivity contribution in [2.75, 3.05) is 44.7 Å². The van der Waals surface area contributed by atoms with Crippen LogP contribution >= 0.6 is 11.3 Å². The molecule has 1 aromatic heterocycles. The fourth-order valence-electron chi connectivity index (χ4n) is 4.74. The van der Waals surface area contributed by atoms with Crippen LogP contribution in [0.2, 0.25) is 0 Å². The highest BCUT2D eigenvalue weighted by atomic mass is 32.2. The van der Waals surface area contributed by atoms with E-state index in [1.165, 1.54) is 16.4 Å². The predicted octanol–water partition coefficient (Wildman–Crippen LogP) is 3.25. The summed E-state index contributed by atoms with van der Waals surface area (Å²) in [5.74, 6) is 0.0675. The number of amides is 1. The van der Waals surface area contributed by atoms with Crippen molar-refractivity contribution in [3.63, 3.8) is 0 Å². The van der Waals surface area contributed by atoms with Crippen LogP contribution in [0.15, 0.2) is 41.3 Å². The molecule has 11 heteroatoms. The number of rotatable bonds is 5. The van der Waals surface area contributed by atoms with Crippen LogP contribution in [0.5, 0.6) is 5.75 Å². The third kappa shape index (κ3) is 4.36. The first-order valence-corrected chi connectivity index (χ1v) is 13.8. The van der Waals surface area contributed by atoms with E-state index in [0.717, 1.165) is 38.8 Å². The van der Waals surface area contributed by atoms with Gasteiger partial charge in [-0.05, 0) is 55.7 Å². The van der Waals surface area contributed by atoms with Gasteiger partial charge in [0, 0.05) is 32.7 Å². The molecule has 2 saturated heterocycles. The summed E-state index contributed by atoms with van der Waals surface area (Å²) in [7, 11) is -2.24. The molecular formula is C24H27FN4O4S2. The molecule has 1 unspecified atom stereocenters. The molecule has 8 nitrogen and oxygen atoms in total. The molecule has 5 rings (SSSR count). The van der Waals surface area contributed by atoms with Crippen LogP contribution in [0, 0.1) is 12.7 Å². The molecule has 1 amide bonds. The zero-order chi connectivity index (χ0) is 24.7. The van der Waals surface area contributed by atoms with Crippen molar-refractivity contribution in [3.8, 4) is 5.75 Å². The Balaban J connectivity index is 1.29. The summed E-state index contributed by atoms with van der Waals surface area (Å²) in [6.45, 7) is 4.54. The number of thiazole rings is 1. The molecule has 186 valence electrons. The monoisotopic (exact) mass is 518 g/mol. The molecule has 0 bridgehead atoms. The second-order valence-corrected chi connectivity index (χ2v) is 11.7. The molecule has 0 aliphatic carbocycles. The maximum Gasteiger partial charge on any atom is 0.243 e. The minimum Gasteiger partial charge on any atom is -0.494 e. The first-order valence-electron chi connectivity index (χ1n) is 11.5. The number of carbonyl (C=O) groups is 1. The van der Waals surface area contributed by atoms with Crippen molar-refractivity contribution in [2.45, 2.75) is 30.7 Å². The third-order valence-electron chi connectivity index (χ3n) is 6.68. The number of piperazine rings is 1.